The van der Waals surface area contributed by atoms with Gasteiger partial charge in [0.2, 0.25) is 5.79 Å². The number of cyclic esters (lactones) is 1. The van der Waals surface area contributed by atoms with Gasteiger partial charge in [0, 0.05) is 37.6 Å². The Morgan fingerprint density at radius 3 is 2.22 bits per heavy atom. The molecular weight excluding hydrogens is 759 g/mol. The van der Waals surface area contributed by atoms with Crippen molar-refractivity contribution in [3.8, 4) is 0 Å². The van der Waals surface area contributed by atoms with Crippen LogP contribution >= 0.6 is 0 Å². The molecule has 330 valence electrons. The first-order chi connectivity index (χ1) is 27.8. The summed E-state index contributed by atoms with van der Waals surface area (Å²) in [6.07, 6.45) is 9.57. The zero-order valence-electron chi connectivity index (χ0n) is 35.8. The largest absolute Gasteiger partial charge is 0.460 e. The molecule has 0 aromatic heterocycles. The van der Waals surface area contributed by atoms with Crippen LogP contribution in [0.2, 0.25) is 0 Å². The molecule has 1 unspecified atom stereocenters. The average molecular weight is 828 g/mol. The monoisotopic (exact) mass is 827 g/mol. The van der Waals surface area contributed by atoms with Gasteiger partial charge in [0.15, 0.2) is 5.78 Å². The summed E-state index contributed by atoms with van der Waals surface area (Å²) in [5.74, 6) is -7.90. The predicted molar refractivity (Wildman–Crippen MR) is 220 cm³/mol. The van der Waals surface area contributed by atoms with E-state index in [0.29, 0.717) is 50.5 Å². The van der Waals surface area contributed by atoms with Crippen LogP contribution in [0.3, 0.4) is 0 Å². The highest BCUT2D eigenvalue weighted by Crippen LogP contribution is 2.37. The minimum absolute atomic E-state index is 0.0259. The van der Waals surface area contributed by atoms with Crippen LogP contribution in [0.15, 0.2) is 47.6 Å². The Hall–Kier alpha value is -3.33. The lowest BCUT2D eigenvalue weighted by molar-refractivity contribution is -0.265. The molecule has 13 nitrogen and oxygen atoms in total. The number of Topliss-reactive ketones (excluding diaryl/α,β-unsaturated/α-hetero) is 3. The van der Waals surface area contributed by atoms with Crippen LogP contribution in [0.4, 0.5) is 0 Å². The van der Waals surface area contributed by atoms with Crippen molar-refractivity contribution < 1.29 is 59.0 Å². The highest BCUT2D eigenvalue weighted by atomic mass is 16.6. The van der Waals surface area contributed by atoms with E-state index in [9.17, 15) is 49.5 Å². The summed E-state index contributed by atoms with van der Waals surface area (Å²) < 4.78 is 12.1. The smallest absolute Gasteiger partial charge is 0.329 e. The zero-order valence-corrected chi connectivity index (χ0v) is 35.8. The van der Waals surface area contributed by atoms with Crippen LogP contribution in [0.5, 0.6) is 0 Å². The van der Waals surface area contributed by atoms with E-state index in [4.69, 9.17) is 9.47 Å². The summed E-state index contributed by atoms with van der Waals surface area (Å²) in [6.45, 7) is 10.4. The lowest BCUT2D eigenvalue weighted by Crippen LogP contribution is -2.59. The average Bonchev–Trinajstić information content (AvgIpc) is 3.70. The Morgan fingerprint density at radius 1 is 0.831 bits per heavy atom. The van der Waals surface area contributed by atoms with Crippen molar-refractivity contribution in [1.29, 1.82) is 0 Å². The lowest BCUT2D eigenvalue weighted by atomic mass is 9.79. The molecule has 1 amide bonds. The van der Waals surface area contributed by atoms with E-state index in [-0.39, 0.29) is 67.4 Å². The Kier molecular flexibility index (Phi) is 18.0. The van der Waals surface area contributed by atoms with Gasteiger partial charge in [0.05, 0.1) is 18.3 Å². The van der Waals surface area contributed by atoms with Crippen LogP contribution in [0.1, 0.15) is 125 Å². The maximum absolute atomic E-state index is 14.0. The van der Waals surface area contributed by atoms with Crippen molar-refractivity contribution in [2.45, 2.75) is 173 Å². The molecule has 2 saturated heterocycles. The first-order valence-corrected chi connectivity index (χ1v) is 21.8. The quantitative estimate of drug-likeness (QED) is 0.150. The molecule has 1 aliphatic carbocycles. The summed E-state index contributed by atoms with van der Waals surface area (Å²) in [6, 6.07) is -1.13. The molecule has 1 saturated carbocycles. The third-order valence-corrected chi connectivity index (χ3v) is 13.1. The number of esters is 1. The fourth-order valence-electron chi connectivity index (χ4n) is 8.77. The van der Waals surface area contributed by atoms with Crippen LogP contribution < -0.4 is 0 Å². The highest BCUT2D eigenvalue weighted by molar-refractivity contribution is 6.39. The van der Waals surface area contributed by atoms with Crippen molar-refractivity contribution in [3.05, 3.63) is 47.6 Å². The minimum atomic E-state index is -2.47. The van der Waals surface area contributed by atoms with E-state index < -0.39 is 77.6 Å². The summed E-state index contributed by atoms with van der Waals surface area (Å²) in [5, 5.41) is 54.4. The number of fused-ring (bicyclic) bond motifs is 3. The molecule has 0 aromatic rings. The normalized spacial score (nSPS) is 40.6. The van der Waals surface area contributed by atoms with Gasteiger partial charge in [-0.05, 0) is 107 Å². The molecule has 0 spiro atoms. The van der Waals surface area contributed by atoms with Crippen molar-refractivity contribution in [1.82, 2.24) is 4.90 Å². The van der Waals surface area contributed by atoms with E-state index in [1.54, 1.807) is 45.9 Å². The van der Waals surface area contributed by atoms with Crippen molar-refractivity contribution >= 4 is 29.2 Å². The molecular formula is C46H69NO12. The van der Waals surface area contributed by atoms with E-state index >= 15 is 0 Å². The van der Waals surface area contributed by atoms with Crippen LogP contribution in [-0.2, 0) is 33.4 Å². The number of hydrogen-bond donors (Lipinski definition) is 5. The maximum Gasteiger partial charge on any atom is 0.329 e. The number of aliphatic hydroxyl groups is 5. The van der Waals surface area contributed by atoms with E-state index in [0.717, 1.165) is 17.7 Å². The molecule has 2 bridgehead atoms. The van der Waals surface area contributed by atoms with Gasteiger partial charge in [-0.25, -0.2) is 4.79 Å². The minimum Gasteiger partial charge on any atom is -0.460 e. The number of rotatable bonds is 3. The summed E-state index contributed by atoms with van der Waals surface area (Å²) in [5.41, 5.74) is 0.862. The summed E-state index contributed by atoms with van der Waals surface area (Å²) in [7, 11) is 0. The Labute approximate surface area is 349 Å². The topological polar surface area (TPSA) is 208 Å². The number of hydrogen-bond acceptors (Lipinski definition) is 12. The molecule has 13 heteroatoms. The Balaban J connectivity index is 1.63. The predicted octanol–water partition coefficient (Wildman–Crippen LogP) is 4.61. The second-order valence-corrected chi connectivity index (χ2v) is 17.9. The fraction of sp³-hybridized carbons (Fsp3) is 0.717. The van der Waals surface area contributed by atoms with Crippen molar-refractivity contribution in [3.63, 3.8) is 0 Å². The van der Waals surface area contributed by atoms with Gasteiger partial charge >= 0.3 is 5.97 Å². The maximum atomic E-state index is 14.0. The second-order valence-electron chi connectivity index (χ2n) is 17.9. The van der Waals surface area contributed by atoms with Crippen LogP contribution in [-0.4, -0.2) is 115 Å². The van der Waals surface area contributed by atoms with Gasteiger partial charge in [0.1, 0.15) is 30.1 Å². The number of aliphatic hydroxyl groups excluding tert-OH is 4. The molecule has 0 aromatic carbocycles. The molecule has 59 heavy (non-hydrogen) atoms. The van der Waals surface area contributed by atoms with Crippen LogP contribution in [0, 0.1) is 29.6 Å². The van der Waals surface area contributed by atoms with Crippen LogP contribution in [0.25, 0.3) is 0 Å². The van der Waals surface area contributed by atoms with E-state index in [2.05, 4.69) is 0 Å². The number of ketones is 3. The lowest BCUT2D eigenvalue weighted by Gasteiger charge is -2.41. The van der Waals surface area contributed by atoms with Gasteiger partial charge in [-0.1, -0.05) is 64.2 Å². The molecule has 5 N–H and O–H groups in total. The number of carbonyl (C=O) groups excluding carboxylic acids is 5. The van der Waals surface area contributed by atoms with E-state index in [1.165, 1.54) is 6.08 Å². The number of carbonyl (C=O) groups is 5. The zero-order chi connectivity index (χ0) is 43.6. The third-order valence-electron chi connectivity index (χ3n) is 13.1. The number of amides is 1. The Morgan fingerprint density at radius 2 is 1.53 bits per heavy atom. The molecule has 3 aliphatic heterocycles. The van der Waals surface area contributed by atoms with Gasteiger partial charge in [-0.15, -0.1) is 0 Å². The molecule has 3 fully saturated rings. The Bertz CT molecular complexity index is 1610. The van der Waals surface area contributed by atoms with E-state index in [1.807, 2.05) is 26.0 Å². The number of nitrogens with zero attached hydrogens (tertiary/aromatic N) is 1. The summed E-state index contributed by atoms with van der Waals surface area (Å²) >= 11 is 0. The van der Waals surface area contributed by atoms with Gasteiger partial charge in [-0.2, -0.15) is 0 Å². The van der Waals surface area contributed by atoms with Gasteiger partial charge < -0.3 is 39.9 Å². The highest BCUT2D eigenvalue weighted by Gasteiger charge is 2.53. The standard InChI is InChI=1S/C46H69NO12/c1-27-11-8-7-9-12-28(2)38(50)25-35-20-15-32(6)46(57,59-35)43(54)44(55)47-22-10-13-36(47)45(56)58-40(30(4)24-33-16-18-34(48)19-17-33)26-39(51)29(3)23-31(5)41(52)42(53)37(49)21-14-27/h7-9,11-12,23,27,29-30,32-36,38,40-42,48,50,52-53,57H,10,13-22,24-26H2,1-6H3/b9-7+,11-8+,28-12+,31-23+/t27-,29-,30-,32-,33?,34?,35+,36?,38+,40+,41-,42+,46-/m1/s1. The van der Waals surface area contributed by atoms with Crippen molar-refractivity contribution in [2.75, 3.05) is 6.54 Å². The van der Waals surface area contributed by atoms with Gasteiger partial charge in [0.25, 0.3) is 11.7 Å². The first-order valence-electron chi connectivity index (χ1n) is 21.8. The SMILES string of the molecule is C/C1=C\[C@@H](C)C(=O)C[C@@H]([C@H](C)CC2CCC(O)CC2)OC(=O)C2CCCN2C(=O)C(=O)[C@]2(O)O[C@@H](CC[C@H]2C)C[C@H](O)/C(C)=C/C=C/C=C/[C@@H](C)CCC(=O)[C@H](O)[C@@H]1O. The fourth-order valence-corrected chi connectivity index (χ4v) is 8.77. The number of allylic oxidation sites excluding steroid dienone is 6. The number of ether oxygens (including phenoxy) is 2. The second kappa shape index (κ2) is 22.0. The van der Waals surface area contributed by atoms with Crippen molar-refractivity contribution in [2.24, 2.45) is 29.6 Å². The summed E-state index contributed by atoms with van der Waals surface area (Å²) in [4.78, 5) is 69.6. The molecule has 0 radical (unpaired) electrons. The molecule has 4 aliphatic rings. The molecule has 4 rings (SSSR count). The van der Waals surface area contributed by atoms with Gasteiger partial charge in [-0.3, -0.25) is 19.2 Å². The third kappa shape index (κ3) is 13.1. The molecule has 3 heterocycles. The molecule has 11 atom stereocenters. The first kappa shape index (κ1) is 48.3.